The Labute approximate surface area is 100 Å². The van der Waals surface area contributed by atoms with Gasteiger partial charge < -0.3 is 11.1 Å². The van der Waals surface area contributed by atoms with Gasteiger partial charge in [0.1, 0.15) is 6.04 Å². The Bertz CT molecular complexity index is 367. The van der Waals surface area contributed by atoms with Crippen molar-refractivity contribution in [3.05, 3.63) is 22.4 Å². The molecule has 1 aromatic rings. The number of amides is 1. The van der Waals surface area contributed by atoms with Gasteiger partial charge in [-0.3, -0.25) is 4.79 Å². The van der Waals surface area contributed by atoms with Crippen molar-refractivity contribution in [3.8, 4) is 12.3 Å². The van der Waals surface area contributed by atoms with E-state index in [1.165, 1.54) is 11.3 Å². The number of carbonyl (C=O) groups excluding carboxylic acids is 1. The molecule has 0 saturated carbocycles. The van der Waals surface area contributed by atoms with Crippen molar-refractivity contribution in [2.75, 3.05) is 0 Å². The van der Waals surface area contributed by atoms with E-state index in [0.29, 0.717) is 0 Å². The zero-order valence-electron chi connectivity index (χ0n) is 9.27. The SMILES string of the molecule is C#CC(CCC)NC(=O)C(N)c1cccs1. The molecule has 86 valence electrons. The molecule has 0 saturated heterocycles. The second-order valence-electron chi connectivity index (χ2n) is 3.51. The zero-order chi connectivity index (χ0) is 12.0. The van der Waals surface area contributed by atoms with Crippen LogP contribution in [-0.2, 0) is 4.79 Å². The quantitative estimate of drug-likeness (QED) is 0.764. The summed E-state index contributed by atoms with van der Waals surface area (Å²) in [4.78, 5) is 12.6. The maximum atomic E-state index is 11.8. The minimum absolute atomic E-state index is 0.209. The highest BCUT2D eigenvalue weighted by atomic mass is 32.1. The molecular weight excluding hydrogens is 220 g/mol. The van der Waals surface area contributed by atoms with Crippen LogP contribution in [0.2, 0.25) is 0 Å². The molecule has 4 heteroatoms. The summed E-state index contributed by atoms with van der Waals surface area (Å²) in [5.74, 6) is 2.34. The predicted octanol–water partition coefficient (Wildman–Crippen LogP) is 1.67. The van der Waals surface area contributed by atoms with E-state index in [-0.39, 0.29) is 11.9 Å². The summed E-state index contributed by atoms with van der Waals surface area (Å²) in [6.45, 7) is 2.02. The molecule has 1 amide bonds. The molecule has 0 radical (unpaired) electrons. The van der Waals surface area contributed by atoms with Crippen molar-refractivity contribution in [2.45, 2.75) is 31.8 Å². The van der Waals surface area contributed by atoms with Gasteiger partial charge in [0, 0.05) is 4.88 Å². The smallest absolute Gasteiger partial charge is 0.243 e. The molecule has 2 unspecified atom stereocenters. The van der Waals surface area contributed by atoms with Crippen molar-refractivity contribution < 1.29 is 4.79 Å². The monoisotopic (exact) mass is 236 g/mol. The maximum Gasteiger partial charge on any atom is 0.243 e. The molecule has 2 atom stereocenters. The third-order valence-electron chi connectivity index (χ3n) is 2.23. The number of thiophene rings is 1. The van der Waals surface area contributed by atoms with Crippen LogP contribution in [0.4, 0.5) is 0 Å². The van der Waals surface area contributed by atoms with Gasteiger partial charge in [-0.25, -0.2) is 0 Å². The molecule has 0 bridgehead atoms. The summed E-state index contributed by atoms with van der Waals surface area (Å²) in [5.41, 5.74) is 5.81. The van der Waals surface area contributed by atoms with Crippen LogP contribution < -0.4 is 11.1 Å². The van der Waals surface area contributed by atoms with Crippen molar-refractivity contribution in [1.29, 1.82) is 0 Å². The lowest BCUT2D eigenvalue weighted by Crippen LogP contribution is -2.39. The summed E-state index contributed by atoms with van der Waals surface area (Å²) < 4.78 is 0. The third kappa shape index (κ3) is 3.37. The van der Waals surface area contributed by atoms with Crippen LogP contribution in [0.15, 0.2) is 17.5 Å². The van der Waals surface area contributed by atoms with Gasteiger partial charge in [-0.05, 0) is 17.9 Å². The Hall–Kier alpha value is -1.31. The van der Waals surface area contributed by atoms with Crippen molar-refractivity contribution >= 4 is 17.2 Å². The fourth-order valence-corrected chi connectivity index (χ4v) is 2.07. The highest BCUT2D eigenvalue weighted by molar-refractivity contribution is 7.10. The highest BCUT2D eigenvalue weighted by Gasteiger charge is 2.18. The Balaban J connectivity index is 2.55. The minimum Gasteiger partial charge on any atom is -0.341 e. The fourth-order valence-electron chi connectivity index (χ4n) is 1.34. The topological polar surface area (TPSA) is 55.1 Å². The zero-order valence-corrected chi connectivity index (χ0v) is 10.1. The first-order chi connectivity index (χ1) is 7.69. The van der Waals surface area contributed by atoms with Crippen LogP contribution in [0, 0.1) is 12.3 Å². The van der Waals surface area contributed by atoms with Crippen molar-refractivity contribution in [1.82, 2.24) is 5.32 Å². The molecule has 0 aliphatic carbocycles. The average Bonchev–Trinajstić information content (AvgIpc) is 2.80. The Morgan fingerprint density at radius 1 is 1.75 bits per heavy atom. The first-order valence-corrected chi connectivity index (χ1v) is 6.12. The number of terminal acetylenes is 1. The van der Waals surface area contributed by atoms with E-state index in [2.05, 4.69) is 11.2 Å². The van der Waals surface area contributed by atoms with Gasteiger partial charge in [-0.2, -0.15) is 0 Å². The normalized spacial score (nSPS) is 13.8. The van der Waals surface area contributed by atoms with Crippen LogP contribution in [0.25, 0.3) is 0 Å². The number of hydrogen-bond acceptors (Lipinski definition) is 3. The Morgan fingerprint density at radius 3 is 3.00 bits per heavy atom. The van der Waals surface area contributed by atoms with Crippen molar-refractivity contribution in [2.24, 2.45) is 5.73 Å². The van der Waals surface area contributed by atoms with Crippen LogP contribution in [0.1, 0.15) is 30.7 Å². The first-order valence-electron chi connectivity index (χ1n) is 5.24. The highest BCUT2D eigenvalue weighted by Crippen LogP contribution is 2.16. The predicted molar refractivity (Wildman–Crippen MR) is 66.9 cm³/mol. The second kappa shape index (κ2) is 6.31. The largest absolute Gasteiger partial charge is 0.341 e. The molecule has 0 aliphatic heterocycles. The molecule has 0 spiro atoms. The minimum atomic E-state index is -0.618. The van der Waals surface area contributed by atoms with Gasteiger partial charge in [0.05, 0.1) is 6.04 Å². The molecule has 0 fully saturated rings. The van der Waals surface area contributed by atoms with E-state index in [1.54, 1.807) is 0 Å². The molecule has 1 rings (SSSR count). The van der Waals surface area contributed by atoms with Gasteiger partial charge in [0.15, 0.2) is 0 Å². The van der Waals surface area contributed by atoms with Crippen LogP contribution in [0.5, 0.6) is 0 Å². The van der Waals surface area contributed by atoms with Gasteiger partial charge in [-0.1, -0.05) is 25.3 Å². The van der Waals surface area contributed by atoms with Gasteiger partial charge in [0.25, 0.3) is 0 Å². The Kier molecular flexibility index (Phi) is 5.03. The van der Waals surface area contributed by atoms with E-state index in [1.807, 2.05) is 24.4 Å². The molecule has 16 heavy (non-hydrogen) atoms. The number of rotatable bonds is 5. The standard InChI is InChI=1S/C12H16N2OS/c1-3-6-9(4-2)14-12(15)11(13)10-7-5-8-16-10/h2,5,7-9,11H,3,6,13H2,1H3,(H,14,15). The van der Waals surface area contributed by atoms with Crippen LogP contribution in [-0.4, -0.2) is 11.9 Å². The number of nitrogens with two attached hydrogens (primary N) is 1. The molecule has 0 aromatic carbocycles. The molecular formula is C12H16N2OS. The number of nitrogens with one attached hydrogen (secondary N) is 1. The van der Waals surface area contributed by atoms with Crippen molar-refractivity contribution in [3.63, 3.8) is 0 Å². The second-order valence-corrected chi connectivity index (χ2v) is 4.49. The first kappa shape index (κ1) is 12.8. The van der Waals surface area contributed by atoms with E-state index in [4.69, 9.17) is 12.2 Å². The van der Waals surface area contributed by atoms with Gasteiger partial charge in [-0.15, -0.1) is 17.8 Å². The summed E-state index contributed by atoms with van der Waals surface area (Å²) in [5, 5.41) is 4.66. The van der Waals surface area contributed by atoms with E-state index in [0.717, 1.165) is 17.7 Å². The van der Waals surface area contributed by atoms with E-state index in [9.17, 15) is 4.79 Å². The number of carbonyl (C=O) groups is 1. The molecule has 1 heterocycles. The maximum absolute atomic E-state index is 11.8. The summed E-state index contributed by atoms with van der Waals surface area (Å²) in [6, 6.07) is 2.88. The lowest BCUT2D eigenvalue weighted by molar-refractivity contribution is -0.122. The van der Waals surface area contributed by atoms with Gasteiger partial charge in [0.2, 0.25) is 5.91 Å². The summed E-state index contributed by atoms with van der Waals surface area (Å²) in [6.07, 6.45) is 7.03. The molecule has 3 nitrogen and oxygen atoms in total. The summed E-state index contributed by atoms with van der Waals surface area (Å²) >= 11 is 1.47. The molecule has 3 N–H and O–H groups in total. The molecule has 1 aromatic heterocycles. The lowest BCUT2D eigenvalue weighted by atomic mass is 10.1. The van der Waals surface area contributed by atoms with Gasteiger partial charge >= 0.3 is 0 Å². The molecule has 0 aliphatic rings. The lowest BCUT2D eigenvalue weighted by Gasteiger charge is -2.15. The van der Waals surface area contributed by atoms with E-state index < -0.39 is 6.04 Å². The fraction of sp³-hybridized carbons (Fsp3) is 0.417. The summed E-state index contributed by atoms with van der Waals surface area (Å²) in [7, 11) is 0. The third-order valence-corrected chi connectivity index (χ3v) is 3.18. The average molecular weight is 236 g/mol. The van der Waals surface area contributed by atoms with Crippen LogP contribution >= 0.6 is 11.3 Å². The Morgan fingerprint density at radius 2 is 2.50 bits per heavy atom. The van der Waals surface area contributed by atoms with Crippen LogP contribution in [0.3, 0.4) is 0 Å². The van der Waals surface area contributed by atoms with E-state index >= 15 is 0 Å². The number of hydrogen-bond donors (Lipinski definition) is 2.